The normalized spacial score (nSPS) is 20.2. The highest BCUT2D eigenvalue weighted by Gasteiger charge is 2.52. The average molecular weight is 388 g/mol. The van der Waals surface area contributed by atoms with Crippen molar-refractivity contribution in [3.05, 3.63) is 70.3 Å². The van der Waals surface area contributed by atoms with Gasteiger partial charge in [-0.1, -0.05) is 17.7 Å². The van der Waals surface area contributed by atoms with Gasteiger partial charge in [-0.25, -0.2) is 13.2 Å². The topological polar surface area (TPSA) is 32.6 Å². The van der Waals surface area contributed by atoms with Crippen LogP contribution in [0.25, 0.3) is 0 Å². The molecule has 25 heavy (non-hydrogen) atoms. The highest BCUT2D eigenvalue weighted by molar-refractivity contribution is 6.68. The average Bonchev–Trinajstić information content (AvgIpc) is 2.78. The maximum atomic E-state index is 14.7. The van der Waals surface area contributed by atoms with E-state index < -0.39 is 34.2 Å². The molecular formula is C17H12Cl2F3N2O+. The number of amidine groups is 1. The highest BCUT2D eigenvalue weighted by Crippen LogP contribution is 2.50. The van der Waals surface area contributed by atoms with E-state index >= 15 is 0 Å². The lowest BCUT2D eigenvalue weighted by molar-refractivity contribution is 0.308. The van der Waals surface area contributed by atoms with E-state index in [2.05, 4.69) is 4.99 Å². The molecule has 0 aliphatic carbocycles. The molecule has 1 atom stereocenters. The van der Waals surface area contributed by atoms with Crippen LogP contribution in [0.3, 0.4) is 0 Å². The number of nitrogens with zero attached hydrogens (tertiary/aromatic N) is 2. The molecule has 1 unspecified atom stereocenters. The number of aliphatic imine (C=N–C) groups is 1. The van der Waals surface area contributed by atoms with Gasteiger partial charge in [-0.3, -0.25) is 0 Å². The minimum atomic E-state index is -0.908. The van der Waals surface area contributed by atoms with Gasteiger partial charge in [-0.2, -0.15) is 9.48 Å². The Balaban J connectivity index is 2.49. The Morgan fingerprint density at radius 2 is 1.72 bits per heavy atom. The van der Waals surface area contributed by atoms with Crippen molar-refractivity contribution < 1.29 is 18.3 Å². The van der Waals surface area contributed by atoms with Gasteiger partial charge in [0.15, 0.2) is 23.0 Å². The summed E-state index contributed by atoms with van der Waals surface area (Å²) in [6.45, 7) is 0.955. The summed E-state index contributed by atoms with van der Waals surface area (Å²) in [6.07, 6.45) is 0. The highest BCUT2D eigenvalue weighted by atomic mass is 35.5. The maximum Gasteiger partial charge on any atom is 0.315 e. The van der Waals surface area contributed by atoms with Crippen LogP contribution in [-0.2, 0) is 0 Å². The standard InChI is InChI=1S/C17H12Cl2F3N2O/c1-9-15(8-25)24(17(19)23-9,14-6-5-10(20)7-11(14)18)16-12(21)3-2-4-13(16)22/h2-7,25H,8H2,1H3/q+1. The molecule has 0 fully saturated rings. The van der Waals surface area contributed by atoms with Crippen molar-refractivity contribution in [2.45, 2.75) is 6.92 Å². The quantitative estimate of drug-likeness (QED) is 0.567. The van der Waals surface area contributed by atoms with E-state index in [-0.39, 0.29) is 27.4 Å². The number of allylic oxidation sites excluding steroid dienone is 1. The molecule has 0 saturated carbocycles. The number of rotatable bonds is 3. The van der Waals surface area contributed by atoms with Gasteiger partial charge >= 0.3 is 5.29 Å². The zero-order valence-corrected chi connectivity index (χ0v) is 14.4. The van der Waals surface area contributed by atoms with Crippen molar-refractivity contribution in [2.75, 3.05) is 6.61 Å². The van der Waals surface area contributed by atoms with Gasteiger partial charge in [0.25, 0.3) is 0 Å². The fraction of sp³-hybridized carbons (Fsp3) is 0.118. The zero-order chi connectivity index (χ0) is 18.4. The van der Waals surface area contributed by atoms with Crippen molar-refractivity contribution in [3.63, 3.8) is 0 Å². The summed E-state index contributed by atoms with van der Waals surface area (Å²) in [5, 5.41) is 9.52. The van der Waals surface area contributed by atoms with Gasteiger partial charge in [0.1, 0.15) is 23.1 Å². The Labute approximate surface area is 151 Å². The van der Waals surface area contributed by atoms with Gasteiger partial charge < -0.3 is 5.11 Å². The van der Waals surface area contributed by atoms with Crippen molar-refractivity contribution in [2.24, 2.45) is 4.99 Å². The number of quaternary nitrogens is 1. The van der Waals surface area contributed by atoms with Crippen LogP contribution in [0.15, 0.2) is 52.8 Å². The number of halogens is 5. The van der Waals surface area contributed by atoms with Crippen LogP contribution < -0.4 is 4.48 Å². The van der Waals surface area contributed by atoms with Gasteiger partial charge in [0, 0.05) is 17.7 Å². The molecule has 0 bridgehead atoms. The summed E-state index contributed by atoms with van der Waals surface area (Å²) < 4.78 is 42.0. The first-order valence-electron chi connectivity index (χ1n) is 7.19. The molecule has 1 aliphatic rings. The molecule has 1 heterocycles. The van der Waals surface area contributed by atoms with Crippen LogP contribution in [0.5, 0.6) is 0 Å². The fourth-order valence-corrected chi connectivity index (χ4v) is 3.71. The smallest absolute Gasteiger partial charge is 0.315 e. The minimum Gasteiger partial charge on any atom is -0.386 e. The monoisotopic (exact) mass is 387 g/mol. The Bertz CT molecular complexity index is 910. The summed E-state index contributed by atoms with van der Waals surface area (Å²) >= 11 is 12.5. The van der Waals surface area contributed by atoms with Crippen molar-refractivity contribution >= 4 is 39.9 Å². The summed E-state index contributed by atoms with van der Waals surface area (Å²) in [4.78, 5) is 4.08. The first kappa shape index (κ1) is 17.9. The lowest BCUT2D eigenvalue weighted by Gasteiger charge is -2.33. The summed E-state index contributed by atoms with van der Waals surface area (Å²) in [5.41, 5.74) is -0.00886. The second-order valence-electron chi connectivity index (χ2n) is 5.41. The van der Waals surface area contributed by atoms with Crippen LogP contribution in [-0.4, -0.2) is 17.0 Å². The van der Waals surface area contributed by atoms with E-state index in [0.29, 0.717) is 0 Å². The lowest BCUT2D eigenvalue weighted by Crippen LogP contribution is -2.47. The molecule has 0 amide bonds. The van der Waals surface area contributed by atoms with Crippen LogP contribution in [0.1, 0.15) is 6.92 Å². The minimum absolute atomic E-state index is 0.0710. The first-order chi connectivity index (χ1) is 11.8. The summed E-state index contributed by atoms with van der Waals surface area (Å²) in [7, 11) is 0. The second-order valence-corrected chi connectivity index (χ2v) is 6.15. The van der Waals surface area contributed by atoms with Gasteiger partial charge in [-0.15, -0.1) is 0 Å². The molecule has 8 heteroatoms. The molecule has 0 radical (unpaired) electrons. The number of para-hydroxylation sites is 1. The molecular weight excluding hydrogens is 376 g/mol. The molecule has 1 aliphatic heterocycles. The predicted octanol–water partition coefficient (Wildman–Crippen LogP) is 5.23. The van der Waals surface area contributed by atoms with Crippen molar-refractivity contribution in [3.8, 4) is 0 Å². The third kappa shape index (κ3) is 2.57. The number of aliphatic hydroxyl groups excluding tert-OH is 1. The van der Waals surface area contributed by atoms with Crippen molar-refractivity contribution in [1.29, 1.82) is 0 Å². The maximum absolute atomic E-state index is 14.7. The number of aliphatic hydroxyl groups is 1. The molecule has 130 valence electrons. The van der Waals surface area contributed by atoms with Gasteiger partial charge in [0.05, 0.1) is 0 Å². The van der Waals surface area contributed by atoms with Crippen molar-refractivity contribution in [1.82, 2.24) is 4.48 Å². The molecule has 2 aromatic carbocycles. The molecule has 2 aromatic rings. The largest absolute Gasteiger partial charge is 0.386 e. The molecule has 3 rings (SSSR count). The van der Waals surface area contributed by atoms with E-state index in [1.807, 2.05) is 0 Å². The SMILES string of the molecule is CC1=C(CO)[N+](c2ccc(F)cc2Cl)(c2c(F)cccc2F)C(Cl)=N1. The zero-order valence-electron chi connectivity index (χ0n) is 12.9. The third-order valence-electron chi connectivity index (χ3n) is 4.05. The Kier molecular flexibility index (Phi) is 4.64. The molecule has 0 spiro atoms. The number of benzene rings is 2. The molecule has 1 N–H and O–H groups in total. The number of hydrogen-bond donors (Lipinski definition) is 1. The second kappa shape index (κ2) is 6.46. The van der Waals surface area contributed by atoms with Crippen LogP contribution >= 0.6 is 23.2 Å². The van der Waals surface area contributed by atoms with Gasteiger partial charge in [-0.05, 0) is 31.2 Å². The third-order valence-corrected chi connectivity index (χ3v) is 4.69. The van der Waals surface area contributed by atoms with E-state index in [9.17, 15) is 18.3 Å². The van der Waals surface area contributed by atoms with Crippen LogP contribution in [0.2, 0.25) is 5.02 Å². The fourth-order valence-electron chi connectivity index (χ4n) is 3.01. The first-order valence-corrected chi connectivity index (χ1v) is 7.94. The number of hydrogen-bond acceptors (Lipinski definition) is 2. The van der Waals surface area contributed by atoms with E-state index in [1.165, 1.54) is 12.1 Å². The summed E-state index contributed by atoms with van der Waals surface area (Å²) in [5.74, 6) is -2.44. The molecule has 0 saturated heterocycles. The van der Waals surface area contributed by atoms with Crippen LogP contribution in [0.4, 0.5) is 24.5 Å². The van der Waals surface area contributed by atoms with Crippen LogP contribution in [0, 0.1) is 17.5 Å². The Morgan fingerprint density at radius 1 is 1.08 bits per heavy atom. The molecule has 0 aromatic heterocycles. The van der Waals surface area contributed by atoms with E-state index in [1.54, 1.807) is 6.92 Å². The van der Waals surface area contributed by atoms with E-state index in [4.69, 9.17) is 23.2 Å². The van der Waals surface area contributed by atoms with Gasteiger partial charge in [0.2, 0.25) is 5.69 Å². The predicted molar refractivity (Wildman–Crippen MR) is 92.3 cm³/mol. The van der Waals surface area contributed by atoms with E-state index in [0.717, 1.165) is 24.3 Å². The summed E-state index contributed by atoms with van der Waals surface area (Å²) in [6, 6.07) is 6.67. The lowest BCUT2D eigenvalue weighted by atomic mass is 10.1. The Morgan fingerprint density at radius 3 is 2.28 bits per heavy atom. The molecule has 3 nitrogen and oxygen atoms in total. The Hall–Kier alpha value is -1.86.